The van der Waals surface area contributed by atoms with Crippen molar-refractivity contribution in [1.82, 2.24) is 9.29 Å². The highest BCUT2D eigenvalue weighted by atomic mass is 35.5. The zero-order valence-electron chi connectivity index (χ0n) is 13.1. The van der Waals surface area contributed by atoms with Crippen molar-refractivity contribution in [2.45, 2.75) is 31.6 Å². The Kier molecular flexibility index (Phi) is 6.43. The Hall–Kier alpha value is -0.850. The molecule has 0 saturated heterocycles. The molecule has 21 heavy (non-hydrogen) atoms. The molecule has 0 aliphatic rings. The molecule has 0 aromatic carbocycles. The number of aromatic nitrogens is 1. The van der Waals surface area contributed by atoms with Crippen LogP contribution in [-0.4, -0.2) is 44.2 Å². The van der Waals surface area contributed by atoms with Crippen LogP contribution in [0.3, 0.4) is 0 Å². The van der Waals surface area contributed by atoms with Gasteiger partial charge in [0.2, 0.25) is 10.0 Å². The van der Waals surface area contributed by atoms with Gasteiger partial charge in [0.25, 0.3) is 0 Å². The molecule has 7 heteroatoms. The van der Waals surface area contributed by atoms with E-state index in [0.29, 0.717) is 11.7 Å². The van der Waals surface area contributed by atoms with Crippen LogP contribution in [0.1, 0.15) is 26.7 Å². The fourth-order valence-electron chi connectivity index (χ4n) is 1.86. The van der Waals surface area contributed by atoms with E-state index in [4.69, 9.17) is 11.6 Å². The molecule has 1 aromatic heterocycles. The number of nitrogens with one attached hydrogen (secondary N) is 1. The number of hydrogen-bond acceptors (Lipinski definition) is 4. The highest BCUT2D eigenvalue weighted by Gasteiger charge is 2.25. The topological polar surface area (TPSA) is 62.3 Å². The van der Waals surface area contributed by atoms with Crippen LogP contribution in [0.4, 0.5) is 5.82 Å². The molecule has 0 radical (unpaired) electrons. The van der Waals surface area contributed by atoms with Gasteiger partial charge in [-0.3, -0.25) is 0 Å². The second kappa shape index (κ2) is 7.42. The number of sulfonamides is 1. The third-order valence-corrected chi connectivity index (χ3v) is 6.31. The minimum absolute atomic E-state index is 0.0393. The van der Waals surface area contributed by atoms with Gasteiger partial charge in [0.1, 0.15) is 10.7 Å². The van der Waals surface area contributed by atoms with E-state index in [-0.39, 0.29) is 10.3 Å². The van der Waals surface area contributed by atoms with Crippen LogP contribution in [-0.2, 0) is 10.0 Å². The summed E-state index contributed by atoms with van der Waals surface area (Å²) in [4.78, 5) is 4.36. The summed E-state index contributed by atoms with van der Waals surface area (Å²) in [6.07, 6.45) is 3.33. The Labute approximate surface area is 132 Å². The second-order valence-electron chi connectivity index (χ2n) is 5.36. The zero-order valence-corrected chi connectivity index (χ0v) is 14.6. The van der Waals surface area contributed by atoms with Crippen molar-refractivity contribution in [3.05, 3.63) is 18.3 Å². The molecule has 120 valence electrons. The molecule has 0 spiro atoms. The third kappa shape index (κ3) is 4.31. The predicted molar refractivity (Wildman–Crippen MR) is 87.3 cm³/mol. The smallest absolute Gasteiger partial charge is 0.244 e. The molecule has 1 rings (SSSR count). The van der Waals surface area contributed by atoms with Gasteiger partial charge in [0.05, 0.1) is 0 Å². The summed E-state index contributed by atoms with van der Waals surface area (Å²) in [6.45, 7) is 4.96. The highest BCUT2D eigenvalue weighted by molar-refractivity contribution is 7.89. The van der Waals surface area contributed by atoms with Crippen molar-refractivity contribution in [3.8, 4) is 0 Å². The maximum absolute atomic E-state index is 11.9. The van der Waals surface area contributed by atoms with E-state index in [0.717, 1.165) is 19.4 Å². The summed E-state index contributed by atoms with van der Waals surface area (Å²) >= 11 is 6.07. The average Bonchev–Trinajstić information content (AvgIpc) is 2.49. The SMILES string of the molecule is CCC(CC)(CCl)CNc1ccc(S(=O)(=O)N(C)C)cn1. The number of nitrogens with zero attached hydrogens (tertiary/aromatic N) is 2. The number of halogens is 1. The summed E-state index contributed by atoms with van der Waals surface area (Å²) in [6, 6.07) is 3.24. The van der Waals surface area contributed by atoms with E-state index in [2.05, 4.69) is 24.1 Å². The van der Waals surface area contributed by atoms with Gasteiger partial charge in [-0.05, 0) is 25.0 Å². The van der Waals surface area contributed by atoms with Crippen molar-refractivity contribution in [2.24, 2.45) is 5.41 Å². The molecule has 1 heterocycles. The molecule has 0 bridgehead atoms. The van der Waals surface area contributed by atoms with Gasteiger partial charge in [-0.25, -0.2) is 17.7 Å². The van der Waals surface area contributed by atoms with E-state index in [9.17, 15) is 8.42 Å². The summed E-state index contributed by atoms with van der Waals surface area (Å²) in [5.41, 5.74) is 0.0393. The maximum atomic E-state index is 11.9. The van der Waals surface area contributed by atoms with Gasteiger partial charge in [-0.1, -0.05) is 13.8 Å². The zero-order chi connectivity index (χ0) is 16.1. The Morgan fingerprint density at radius 2 is 1.90 bits per heavy atom. The first-order valence-corrected chi connectivity index (χ1v) is 8.97. The summed E-state index contributed by atoms with van der Waals surface area (Å²) in [5, 5.41) is 3.24. The molecular formula is C14H24ClN3O2S. The number of rotatable bonds is 8. The lowest BCUT2D eigenvalue weighted by molar-refractivity contribution is 0.326. The monoisotopic (exact) mass is 333 g/mol. The van der Waals surface area contributed by atoms with E-state index in [1.54, 1.807) is 12.1 Å². The first-order chi connectivity index (χ1) is 9.81. The average molecular weight is 334 g/mol. The van der Waals surface area contributed by atoms with Crippen molar-refractivity contribution < 1.29 is 8.42 Å². The van der Waals surface area contributed by atoms with E-state index in [1.807, 2.05) is 0 Å². The van der Waals surface area contributed by atoms with Crippen LogP contribution < -0.4 is 5.32 Å². The molecule has 0 fully saturated rings. The third-order valence-electron chi connectivity index (χ3n) is 3.94. The summed E-state index contributed by atoms with van der Waals surface area (Å²) < 4.78 is 25.1. The van der Waals surface area contributed by atoms with E-state index < -0.39 is 10.0 Å². The quantitative estimate of drug-likeness (QED) is 0.743. The molecule has 0 atom stereocenters. The minimum atomic E-state index is -3.43. The molecule has 0 amide bonds. The Bertz CT molecular complexity index is 532. The lowest BCUT2D eigenvalue weighted by Gasteiger charge is -2.29. The van der Waals surface area contributed by atoms with Crippen LogP contribution in [0, 0.1) is 5.41 Å². The first kappa shape index (κ1) is 18.2. The number of alkyl halides is 1. The van der Waals surface area contributed by atoms with Crippen molar-refractivity contribution >= 4 is 27.4 Å². The van der Waals surface area contributed by atoms with Crippen LogP contribution in [0.2, 0.25) is 0 Å². The summed E-state index contributed by atoms with van der Waals surface area (Å²) in [5.74, 6) is 1.24. The Morgan fingerprint density at radius 1 is 1.29 bits per heavy atom. The van der Waals surface area contributed by atoms with Crippen LogP contribution in [0.5, 0.6) is 0 Å². The number of pyridine rings is 1. The lowest BCUT2D eigenvalue weighted by Crippen LogP contribution is -2.30. The van der Waals surface area contributed by atoms with E-state index in [1.165, 1.54) is 24.6 Å². The van der Waals surface area contributed by atoms with Gasteiger partial charge >= 0.3 is 0 Å². The fourth-order valence-corrected chi connectivity index (χ4v) is 3.18. The van der Waals surface area contributed by atoms with Crippen molar-refractivity contribution in [2.75, 3.05) is 31.8 Å². The van der Waals surface area contributed by atoms with Crippen molar-refractivity contribution in [1.29, 1.82) is 0 Å². The molecule has 0 aliphatic heterocycles. The Balaban J connectivity index is 2.81. The molecule has 0 unspecified atom stereocenters. The highest BCUT2D eigenvalue weighted by Crippen LogP contribution is 2.28. The lowest BCUT2D eigenvalue weighted by atomic mass is 9.84. The number of hydrogen-bond donors (Lipinski definition) is 1. The van der Waals surface area contributed by atoms with Gasteiger partial charge in [-0.15, -0.1) is 11.6 Å². The van der Waals surface area contributed by atoms with Crippen LogP contribution in [0.25, 0.3) is 0 Å². The molecular weight excluding hydrogens is 310 g/mol. The molecule has 1 N–H and O–H groups in total. The van der Waals surface area contributed by atoms with Gasteiger partial charge in [-0.2, -0.15) is 0 Å². The van der Waals surface area contributed by atoms with Crippen LogP contribution >= 0.6 is 11.6 Å². The van der Waals surface area contributed by atoms with Gasteiger partial charge in [0.15, 0.2) is 0 Å². The first-order valence-electron chi connectivity index (χ1n) is 6.99. The maximum Gasteiger partial charge on any atom is 0.244 e. The second-order valence-corrected chi connectivity index (χ2v) is 7.78. The standard InChI is InChI=1S/C14H24ClN3O2S/c1-5-14(6-2,10-15)11-17-13-8-7-12(9-16-13)21(19,20)18(3)4/h7-9H,5-6,10-11H2,1-4H3,(H,16,17). The molecule has 1 aromatic rings. The van der Waals surface area contributed by atoms with E-state index >= 15 is 0 Å². The number of anilines is 1. The predicted octanol–water partition coefficient (Wildman–Crippen LogP) is 2.79. The van der Waals surface area contributed by atoms with Crippen molar-refractivity contribution in [3.63, 3.8) is 0 Å². The van der Waals surface area contributed by atoms with Crippen LogP contribution in [0.15, 0.2) is 23.2 Å². The fraction of sp³-hybridized carbons (Fsp3) is 0.643. The largest absolute Gasteiger partial charge is 0.369 e. The van der Waals surface area contributed by atoms with Gasteiger partial charge in [0, 0.05) is 38.1 Å². The summed E-state index contributed by atoms with van der Waals surface area (Å²) in [7, 11) is -0.431. The normalized spacial score (nSPS) is 12.7. The molecule has 0 aliphatic carbocycles. The van der Waals surface area contributed by atoms with Gasteiger partial charge < -0.3 is 5.32 Å². The molecule has 5 nitrogen and oxygen atoms in total. The minimum Gasteiger partial charge on any atom is -0.369 e. The Morgan fingerprint density at radius 3 is 2.29 bits per heavy atom. The molecule has 0 saturated carbocycles.